The van der Waals surface area contributed by atoms with Crippen molar-refractivity contribution >= 4 is 42.3 Å². The lowest BCUT2D eigenvalue weighted by atomic mass is 9.92. The third-order valence-corrected chi connectivity index (χ3v) is 5.04. The number of carbonyl (C=O) groups is 2. The number of halogens is 2. The second-order valence-electron chi connectivity index (χ2n) is 7.19. The van der Waals surface area contributed by atoms with Crippen molar-refractivity contribution in [1.29, 1.82) is 0 Å². The minimum absolute atomic E-state index is 0. The molecule has 0 radical (unpaired) electrons. The normalized spacial score (nSPS) is 16.9. The van der Waals surface area contributed by atoms with Crippen LogP contribution in [0.5, 0.6) is 0 Å². The van der Waals surface area contributed by atoms with Gasteiger partial charge in [-0.25, -0.2) is 4.98 Å². The lowest BCUT2D eigenvalue weighted by Crippen LogP contribution is -2.45. The average molecular weight is 442 g/mol. The van der Waals surface area contributed by atoms with Crippen LogP contribution in [-0.4, -0.2) is 45.4 Å². The van der Waals surface area contributed by atoms with Crippen molar-refractivity contribution in [1.82, 2.24) is 14.5 Å². The monoisotopic (exact) mass is 441 g/mol. The summed E-state index contributed by atoms with van der Waals surface area (Å²) in [6.07, 6.45) is 7.57. The van der Waals surface area contributed by atoms with Gasteiger partial charge in [0.2, 0.25) is 5.91 Å². The second kappa shape index (κ2) is 11.8. The maximum Gasteiger partial charge on any atom is 0.253 e. The Hall–Kier alpha value is -2.09. The summed E-state index contributed by atoms with van der Waals surface area (Å²) in [7, 11) is 0. The first-order valence-electron chi connectivity index (χ1n) is 9.43. The molecule has 2 amide bonds. The number of benzene rings is 1. The molecule has 29 heavy (non-hydrogen) atoms. The van der Waals surface area contributed by atoms with E-state index in [1.165, 1.54) is 0 Å². The van der Waals surface area contributed by atoms with E-state index in [2.05, 4.69) is 10.3 Å². The first-order chi connectivity index (χ1) is 13.0. The van der Waals surface area contributed by atoms with E-state index in [-0.39, 0.29) is 42.7 Å². The summed E-state index contributed by atoms with van der Waals surface area (Å²) in [6.45, 7) is 4.01. The van der Waals surface area contributed by atoms with Crippen LogP contribution in [0.1, 0.15) is 36.5 Å². The predicted molar refractivity (Wildman–Crippen MR) is 119 cm³/mol. The molecule has 1 aliphatic rings. The molecular weight excluding hydrogens is 413 g/mol. The van der Waals surface area contributed by atoms with Crippen molar-refractivity contribution in [2.24, 2.45) is 11.7 Å². The summed E-state index contributed by atoms with van der Waals surface area (Å²) in [5.74, 6) is 0.243. The largest absolute Gasteiger partial charge is 0.338 e. The van der Waals surface area contributed by atoms with Crippen LogP contribution in [0.15, 0.2) is 43.0 Å². The van der Waals surface area contributed by atoms with Crippen LogP contribution in [0.3, 0.4) is 0 Å². The predicted octanol–water partition coefficient (Wildman–Crippen LogP) is 2.95. The zero-order valence-corrected chi connectivity index (χ0v) is 18.1. The average Bonchev–Trinajstić information content (AvgIpc) is 3.20. The van der Waals surface area contributed by atoms with Crippen LogP contribution in [0.25, 0.3) is 0 Å². The molecule has 2 atom stereocenters. The Morgan fingerprint density at radius 2 is 2.14 bits per heavy atom. The molecule has 1 saturated heterocycles. The third kappa shape index (κ3) is 7.03. The summed E-state index contributed by atoms with van der Waals surface area (Å²) < 4.78 is 1.85. The van der Waals surface area contributed by atoms with Crippen molar-refractivity contribution in [3.05, 3.63) is 48.5 Å². The van der Waals surface area contributed by atoms with Gasteiger partial charge < -0.3 is 20.5 Å². The fourth-order valence-corrected chi connectivity index (χ4v) is 3.41. The number of anilines is 1. The molecule has 1 aromatic carbocycles. The van der Waals surface area contributed by atoms with Crippen molar-refractivity contribution in [2.75, 3.05) is 18.4 Å². The molecule has 0 bridgehead atoms. The molecule has 160 valence electrons. The molecule has 2 heterocycles. The number of likely N-dealkylation sites (tertiary alicyclic amines) is 1. The maximum atomic E-state index is 12.8. The summed E-state index contributed by atoms with van der Waals surface area (Å²) in [5.41, 5.74) is 7.25. The molecule has 0 aliphatic carbocycles. The number of nitrogens with one attached hydrogen (secondary N) is 1. The first kappa shape index (κ1) is 24.9. The Balaban J connectivity index is 0.00000210. The van der Waals surface area contributed by atoms with E-state index in [1.807, 2.05) is 22.6 Å². The Morgan fingerprint density at radius 3 is 2.83 bits per heavy atom. The van der Waals surface area contributed by atoms with Gasteiger partial charge in [-0.2, -0.15) is 0 Å². The molecule has 0 saturated carbocycles. The van der Waals surface area contributed by atoms with E-state index in [0.717, 1.165) is 19.4 Å². The summed E-state index contributed by atoms with van der Waals surface area (Å²) in [4.78, 5) is 30.8. The topological polar surface area (TPSA) is 93.3 Å². The molecule has 0 spiro atoms. The molecule has 3 N–H and O–H groups in total. The van der Waals surface area contributed by atoms with Gasteiger partial charge >= 0.3 is 0 Å². The van der Waals surface area contributed by atoms with Gasteiger partial charge in [0.05, 0.1) is 6.33 Å². The van der Waals surface area contributed by atoms with Gasteiger partial charge in [0.1, 0.15) is 0 Å². The SMILES string of the molecule is CC(N)C1CCCN(C(=O)c2cccc(NC(=O)CCn3ccnc3)c2)C1.Cl.Cl. The van der Waals surface area contributed by atoms with Crippen molar-refractivity contribution < 1.29 is 9.59 Å². The zero-order chi connectivity index (χ0) is 19.2. The van der Waals surface area contributed by atoms with Crippen molar-refractivity contribution in [3.8, 4) is 0 Å². The summed E-state index contributed by atoms with van der Waals surface area (Å²) in [5, 5.41) is 2.87. The minimum Gasteiger partial charge on any atom is -0.338 e. The Morgan fingerprint density at radius 1 is 1.34 bits per heavy atom. The molecule has 9 heteroatoms. The standard InChI is InChI=1S/C20H27N5O2.2ClH/c1-15(21)17-5-3-9-25(13-17)20(27)16-4-2-6-18(12-16)23-19(26)7-10-24-11-8-22-14-24;;/h2,4,6,8,11-12,14-15,17H,3,5,7,9-10,13,21H2,1H3,(H,23,26);2*1H. The van der Waals surface area contributed by atoms with Gasteiger partial charge in [-0.15, -0.1) is 24.8 Å². The van der Waals surface area contributed by atoms with Crippen LogP contribution in [0, 0.1) is 5.92 Å². The van der Waals surface area contributed by atoms with Crippen LogP contribution in [-0.2, 0) is 11.3 Å². The molecule has 2 unspecified atom stereocenters. The Labute approximate surface area is 183 Å². The fourth-order valence-electron chi connectivity index (χ4n) is 3.41. The number of imidazole rings is 1. The summed E-state index contributed by atoms with van der Waals surface area (Å²) >= 11 is 0. The quantitative estimate of drug-likeness (QED) is 0.720. The van der Waals surface area contributed by atoms with E-state index in [0.29, 0.717) is 36.7 Å². The number of rotatable bonds is 6. The highest BCUT2D eigenvalue weighted by Gasteiger charge is 2.26. The number of aromatic nitrogens is 2. The lowest BCUT2D eigenvalue weighted by molar-refractivity contribution is -0.116. The Kier molecular flexibility index (Phi) is 10.2. The van der Waals surface area contributed by atoms with Crippen LogP contribution >= 0.6 is 24.8 Å². The highest BCUT2D eigenvalue weighted by atomic mass is 35.5. The van der Waals surface area contributed by atoms with E-state index in [1.54, 1.807) is 36.8 Å². The number of nitrogens with zero attached hydrogens (tertiary/aromatic N) is 3. The van der Waals surface area contributed by atoms with Gasteiger partial charge in [0, 0.05) is 55.7 Å². The van der Waals surface area contributed by atoms with Crippen LogP contribution in [0.4, 0.5) is 5.69 Å². The van der Waals surface area contributed by atoms with Crippen LogP contribution < -0.4 is 11.1 Å². The van der Waals surface area contributed by atoms with Gasteiger partial charge in [0.15, 0.2) is 0 Å². The third-order valence-electron chi connectivity index (χ3n) is 5.04. The van der Waals surface area contributed by atoms with Gasteiger partial charge in [0.25, 0.3) is 5.91 Å². The number of amides is 2. The minimum atomic E-state index is -0.0942. The van der Waals surface area contributed by atoms with Gasteiger partial charge in [-0.3, -0.25) is 9.59 Å². The number of hydrogen-bond donors (Lipinski definition) is 2. The molecule has 1 aliphatic heterocycles. The highest BCUT2D eigenvalue weighted by molar-refractivity contribution is 5.97. The van der Waals surface area contributed by atoms with Gasteiger partial charge in [-0.1, -0.05) is 6.07 Å². The molecule has 7 nitrogen and oxygen atoms in total. The zero-order valence-electron chi connectivity index (χ0n) is 16.5. The van der Waals surface area contributed by atoms with E-state index < -0.39 is 0 Å². The highest BCUT2D eigenvalue weighted by Crippen LogP contribution is 2.21. The molecule has 3 rings (SSSR count). The molecule has 1 aromatic heterocycles. The molecule has 1 fully saturated rings. The molecular formula is C20H29Cl2N5O2. The number of carbonyl (C=O) groups excluding carboxylic acids is 2. The van der Waals surface area contributed by atoms with Crippen molar-refractivity contribution in [3.63, 3.8) is 0 Å². The van der Waals surface area contributed by atoms with Crippen molar-refractivity contribution in [2.45, 2.75) is 38.8 Å². The first-order valence-corrected chi connectivity index (χ1v) is 9.43. The lowest BCUT2D eigenvalue weighted by Gasteiger charge is -2.34. The number of aryl methyl sites for hydroxylation is 1. The smallest absolute Gasteiger partial charge is 0.253 e. The maximum absolute atomic E-state index is 12.8. The fraction of sp³-hybridized carbons (Fsp3) is 0.450. The van der Waals surface area contributed by atoms with E-state index >= 15 is 0 Å². The van der Waals surface area contributed by atoms with E-state index in [9.17, 15) is 9.59 Å². The number of piperidine rings is 1. The Bertz CT molecular complexity index is 783. The van der Waals surface area contributed by atoms with E-state index in [4.69, 9.17) is 5.73 Å². The van der Waals surface area contributed by atoms with Crippen LogP contribution in [0.2, 0.25) is 0 Å². The number of nitrogens with two attached hydrogens (primary N) is 1. The molecule has 2 aromatic rings. The second-order valence-corrected chi connectivity index (χ2v) is 7.19. The number of hydrogen-bond acceptors (Lipinski definition) is 4. The van der Waals surface area contributed by atoms with Gasteiger partial charge in [-0.05, 0) is 43.9 Å². The summed E-state index contributed by atoms with van der Waals surface area (Å²) in [6, 6.07) is 7.21.